The van der Waals surface area contributed by atoms with Crippen LogP contribution in [0.5, 0.6) is 0 Å². The second kappa shape index (κ2) is 4.53. The standard InChI is InChI=1S/C17H24O/c1-16(2)12-17(3,4)15(18)14(16)11-10-13-8-6-5-7-9-13/h5-9,14H,10-12H2,1-4H3/t14-/m0/s1. The van der Waals surface area contributed by atoms with Gasteiger partial charge in [0.2, 0.25) is 0 Å². The van der Waals surface area contributed by atoms with Crippen molar-refractivity contribution in [2.45, 2.75) is 47.0 Å². The van der Waals surface area contributed by atoms with Gasteiger partial charge in [-0.25, -0.2) is 0 Å². The second-order valence-electron chi connectivity index (χ2n) is 6.99. The lowest BCUT2D eigenvalue weighted by Crippen LogP contribution is -2.25. The molecule has 1 aliphatic carbocycles. The summed E-state index contributed by atoms with van der Waals surface area (Å²) in [6.45, 7) is 8.68. The maximum Gasteiger partial charge on any atom is 0.142 e. The fourth-order valence-corrected chi connectivity index (χ4v) is 3.65. The van der Waals surface area contributed by atoms with Crippen LogP contribution >= 0.6 is 0 Å². The molecule has 0 aromatic heterocycles. The Kier molecular flexibility index (Phi) is 3.35. The minimum Gasteiger partial charge on any atom is -0.299 e. The molecule has 0 amide bonds. The molecule has 2 rings (SSSR count). The molecule has 0 radical (unpaired) electrons. The van der Waals surface area contributed by atoms with Gasteiger partial charge in [-0.3, -0.25) is 4.79 Å². The SMILES string of the molecule is CC1(C)CC(C)(C)[C@@H](CCc2ccccc2)C1=O. The van der Waals surface area contributed by atoms with E-state index in [1.807, 2.05) is 6.07 Å². The molecule has 0 unspecified atom stereocenters. The van der Waals surface area contributed by atoms with Crippen LogP contribution in [0.2, 0.25) is 0 Å². The van der Waals surface area contributed by atoms with E-state index in [9.17, 15) is 4.79 Å². The fraction of sp³-hybridized carbons (Fsp3) is 0.588. The Labute approximate surface area is 111 Å². The van der Waals surface area contributed by atoms with Crippen LogP contribution in [0.4, 0.5) is 0 Å². The Hall–Kier alpha value is -1.11. The number of hydrogen-bond donors (Lipinski definition) is 0. The molecule has 18 heavy (non-hydrogen) atoms. The van der Waals surface area contributed by atoms with Gasteiger partial charge in [0.15, 0.2) is 0 Å². The molecule has 1 saturated carbocycles. The van der Waals surface area contributed by atoms with Crippen LogP contribution in [0.1, 0.15) is 46.1 Å². The van der Waals surface area contributed by atoms with Crippen molar-refractivity contribution in [3.8, 4) is 0 Å². The van der Waals surface area contributed by atoms with E-state index in [-0.39, 0.29) is 16.7 Å². The van der Waals surface area contributed by atoms with E-state index >= 15 is 0 Å². The molecule has 0 spiro atoms. The highest BCUT2D eigenvalue weighted by molar-refractivity contribution is 5.89. The molecule has 1 aliphatic rings. The van der Waals surface area contributed by atoms with E-state index in [1.54, 1.807) is 0 Å². The summed E-state index contributed by atoms with van der Waals surface area (Å²) in [5.74, 6) is 0.677. The minimum atomic E-state index is -0.134. The van der Waals surface area contributed by atoms with Crippen molar-refractivity contribution in [3.05, 3.63) is 35.9 Å². The predicted molar refractivity (Wildman–Crippen MR) is 75.4 cm³/mol. The number of Topliss-reactive ketones (excluding diaryl/α,β-unsaturated/α-hetero) is 1. The topological polar surface area (TPSA) is 17.1 Å². The van der Waals surface area contributed by atoms with Gasteiger partial charge in [0.25, 0.3) is 0 Å². The summed E-state index contributed by atoms with van der Waals surface area (Å²) in [5.41, 5.74) is 1.35. The highest BCUT2D eigenvalue weighted by Gasteiger charge is 2.51. The summed E-state index contributed by atoms with van der Waals surface area (Å²) >= 11 is 0. The van der Waals surface area contributed by atoms with E-state index in [2.05, 4.69) is 52.0 Å². The Morgan fingerprint density at radius 2 is 1.72 bits per heavy atom. The molecule has 0 bridgehead atoms. The molecule has 98 valence electrons. The first kappa shape index (κ1) is 13.3. The third-order valence-electron chi connectivity index (χ3n) is 4.39. The zero-order valence-electron chi connectivity index (χ0n) is 12.0. The number of carbonyl (C=O) groups is 1. The zero-order valence-corrected chi connectivity index (χ0v) is 12.0. The smallest absolute Gasteiger partial charge is 0.142 e. The molecule has 1 aromatic rings. The molecular weight excluding hydrogens is 220 g/mol. The number of ketones is 1. The lowest BCUT2D eigenvalue weighted by molar-refractivity contribution is -0.128. The van der Waals surface area contributed by atoms with E-state index < -0.39 is 0 Å². The summed E-state index contributed by atoms with van der Waals surface area (Å²) in [7, 11) is 0. The summed E-state index contributed by atoms with van der Waals surface area (Å²) in [6, 6.07) is 10.5. The van der Waals surface area contributed by atoms with Crippen molar-refractivity contribution in [2.24, 2.45) is 16.7 Å². The largest absolute Gasteiger partial charge is 0.299 e. The molecule has 0 N–H and O–H groups in total. The fourth-order valence-electron chi connectivity index (χ4n) is 3.65. The van der Waals surface area contributed by atoms with Gasteiger partial charge in [-0.05, 0) is 30.2 Å². The van der Waals surface area contributed by atoms with Crippen LogP contribution in [0.3, 0.4) is 0 Å². The zero-order chi connectivity index (χ0) is 13.4. The summed E-state index contributed by atoms with van der Waals surface area (Å²) in [6.07, 6.45) is 3.01. The van der Waals surface area contributed by atoms with Gasteiger partial charge in [-0.1, -0.05) is 58.0 Å². The Morgan fingerprint density at radius 1 is 1.11 bits per heavy atom. The molecule has 1 nitrogen and oxygen atoms in total. The first-order valence-corrected chi connectivity index (χ1v) is 6.91. The maximum atomic E-state index is 12.5. The molecule has 0 heterocycles. The normalized spacial score (nSPS) is 25.3. The lowest BCUT2D eigenvalue weighted by atomic mass is 9.78. The number of benzene rings is 1. The molecule has 0 aliphatic heterocycles. The van der Waals surface area contributed by atoms with Gasteiger partial charge in [0.05, 0.1) is 0 Å². The van der Waals surface area contributed by atoms with Crippen molar-refractivity contribution >= 4 is 5.78 Å². The van der Waals surface area contributed by atoms with Crippen LogP contribution in [-0.4, -0.2) is 5.78 Å². The van der Waals surface area contributed by atoms with Crippen molar-refractivity contribution in [3.63, 3.8) is 0 Å². The van der Waals surface area contributed by atoms with E-state index in [0.717, 1.165) is 19.3 Å². The average Bonchev–Trinajstić information content (AvgIpc) is 2.43. The van der Waals surface area contributed by atoms with Crippen molar-refractivity contribution in [1.29, 1.82) is 0 Å². The Balaban J connectivity index is 2.07. The Bertz CT molecular complexity index is 428. The quantitative estimate of drug-likeness (QED) is 0.776. The average molecular weight is 244 g/mol. The summed E-state index contributed by atoms with van der Waals surface area (Å²) in [4.78, 5) is 12.5. The molecule has 1 aromatic carbocycles. The van der Waals surface area contributed by atoms with E-state index in [1.165, 1.54) is 5.56 Å². The summed E-state index contributed by atoms with van der Waals surface area (Å²) in [5, 5.41) is 0. The van der Waals surface area contributed by atoms with Crippen LogP contribution in [0.25, 0.3) is 0 Å². The first-order valence-electron chi connectivity index (χ1n) is 6.91. The van der Waals surface area contributed by atoms with Crippen molar-refractivity contribution in [2.75, 3.05) is 0 Å². The third-order valence-corrected chi connectivity index (χ3v) is 4.39. The molecule has 0 saturated heterocycles. The highest BCUT2D eigenvalue weighted by atomic mass is 16.1. The first-order chi connectivity index (χ1) is 8.33. The van der Waals surface area contributed by atoms with Crippen molar-refractivity contribution in [1.82, 2.24) is 0 Å². The van der Waals surface area contributed by atoms with Gasteiger partial charge in [-0.2, -0.15) is 0 Å². The van der Waals surface area contributed by atoms with Crippen LogP contribution in [0.15, 0.2) is 30.3 Å². The highest BCUT2D eigenvalue weighted by Crippen LogP contribution is 2.51. The van der Waals surface area contributed by atoms with Gasteiger partial charge >= 0.3 is 0 Å². The number of hydrogen-bond acceptors (Lipinski definition) is 1. The predicted octanol–water partition coefficient (Wildman–Crippen LogP) is 4.26. The van der Waals surface area contributed by atoms with Crippen molar-refractivity contribution < 1.29 is 4.79 Å². The van der Waals surface area contributed by atoms with Gasteiger partial charge < -0.3 is 0 Å². The lowest BCUT2D eigenvalue weighted by Gasteiger charge is -2.25. The molecule has 1 heteroatoms. The van der Waals surface area contributed by atoms with Crippen LogP contribution < -0.4 is 0 Å². The monoisotopic (exact) mass is 244 g/mol. The van der Waals surface area contributed by atoms with Crippen LogP contribution in [-0.2, 0) is 11.2 Å². The molecule has 1 atom stereocenters. The molecule has 1 fully saturated rings. The van der Waals surface area contributed by atoms with Gasteiger partial charge in [-0.15, -0.1) is 0 Å². The van der Waals surface area contributed by atoms with Gasteiger partial charge in [0, 0.05) is 11.3 Å². The van der Waals surface area contributed by atoms with E-state index in [0.29, 0.717) is 5.78 Å². The summed E-state index contributed by atoms with van der Waals surface area (Å²) < 4.78 is 0. The molecular formula is C17H24O. The number of carbonyl (C=O) groups excluding carboxylic acids is 1. The third kappa shape index (κ3) is 2.50. The second-order valence-corrected chi connectivity index (χ2v) is 6.99. The minimum absolute atomic E-state index is 0.134. The van der Waals surface area contributed by atoms with Gasteiger partial charge in [0.1, 0.15) is 5.78 Å². The maximum absolute atomic E-state index is 12.5. The van der Waals surface area contributed by atoms with E-state index in [4.69, 9.17) is 0 Å². The van der Waals surface area contributed by atoms with Crippen LogP contribution in [0, 0.1) is 16.7 Å². The number of rotatable bonds is 3. The number of aryl methyl sites for hydroxylation is 1. The Morgan fingerprint density at radius 3 is 2.22 bits per heavy atom.